The second-order valence-corrected chi connectivity index (χ2v) is 6.76. The lowest BCUT2D eigenvalue weighted by Gasteiger charge is -2.20. The van der Waals surface area contributed by atoms with E-state index in [9.17, 15) is 9.59 Å². The summed E-state index contributed by atoms with van der Waals surface area (Å²) in [7, 11) is 0. The largest absolute Gasteiger partial charge is 0.462 e. The molecule has 5 nitrogen and oxygen atoms in total. The number of nitrogens with one attached hydrogen (secondary N) is 2. The number of amides is 2. The molecule has 0 saturated carbocycles. The monoisotopic (exact) mass is 298 g/mol. The van der Waals surface area contributed by atoms with Crippen LogP contribution in [0.5, 0.6) is 0 Å². The van der Waals surface area contributed by atoms with E-state index < -0.39 is 5.97 Å². The molecule has 0 bridgehead atoms. The number of rotatable bonds is 3. The Labute approximate surface area is 123 Å². The first-order valence-corrected chi connectivity index (χ1v) is 7.33. The van der Waals surface area contributed by atoms with Gasteiger partial charge in [0.1, 0.15) is 5.00 Å². The molecular formula is C14H22N2O3S. The SMILES string of the molecule is CCOC(=O)c1c(NC(=O)NC(C)(C)C)sc(C)c1C. The van der Waals surface area contributed by atoms with E-state index in [-0.39, 0.29) is 11.6 Å². The Balaban J connectivity index is 2.98. The predicted molar refractivity (Wildman–Crippen MR) is 81.7 cm³/mol. The van der Waals surface area contributed by atoms with Crippen LogP contribution in [0.3, 0.4) is 0 Å². The summed E-state index contributed by atoms with van der Waals surface area (Å²) in [5.74, 6) is -0.402. The second-order valence-electron chi connectivity index (χ2n) is 5.54. The first kappa shape index (κ1) is 16.5. The molecule has 0 spiro atoms. The maximum atomic E-state index is 12.0. The Morgan fingerprint density at radius 3 is 2.35 bits per heavy atom. The van der Waals surface area contributed by atoms with Gasteiger partial charge in [-0.1, -0.05) is 0 Å². The van der Waals surface area contributed by atoms with Gasteiger partial charge in [0.25, 0.3) is 0 Å². The smallest absolute Gasteiger partial charge is 0.341 e. The Kier molecular flexibility index (Phi) is 5.16. The first-order valence-electron chi connectivity index (χ1n) is 6.52. The highest BCUT2D eigenvalue weighted by Crippen LogP contribution is 2.33. The summed E-state index contributed by atoms with van der Waals surface area (Å²) in [5.41, 5.74) is 0.952. The van der Waals surface area contributed by atoms with Crippen LogP contribution in [0.25, 0.3) is 0 Å². The van der Waals surface area contributed by atoms with Gasteiger partial charge in [-0.25, -0.2) is 9.59 Å². The van der Waals surface area contributed by atoms with Crippen LogP contribution in [-0.2, 0) is 4.74 Å². The highest BCUT2D eigenvalue weighted by atomic mass is 32.1. The molecule has 1 aromatic rings. The van der Waals surface area contributed by atoms with Gasteiger partial charge in [0, 0.05) is 10.4 Å². The standard InChI is InChI=1S/C14H22N2O3S/c1-7-19-12(17)10-8(2)9(3)20-11(10)15-13(18)16-14(4,5)6/h7H2,1-6H3,(H2,15,16,18). The summed E-state index contributed by atoms with van der Waals surface area (Å²) in [4.78, 5) is 24.9. The zero-order valence-electron chi connectivity index (χ0n) is 12.8. The van der Waals surface area contributed by atoms with Crippen molar-refractivity contribution in [1.82, 2.24) is 5.32 Å². The van der Waals surface area contributed by atoms with Gasteiger partial charge in [-0.05, 0) is 47.1 Å². The lowest BCUT2D eigenvalue weighted by molar-refractivity contribution is 0.0527. The van der Waals surface area contributed by atoms with Crippen LogP contribution in [0.2, 0.25) is 0 Å². The van der Waals surface area contributed by atoms with Crippen molar-refractivity contribution in [2.75, 3.05) is 11.9 Å². The van der Waals surface area contributed by atoms with Crippen LogP contribution in [-0.4, -0.2) is 24.1 Å². The molecule has 0 aliphatic heterocycles. The fourth-order valence-electron chi connectivity index (χ4n) is 1.64. The van der Waals surface area contributed by atoms with E-state index in [0.717, 1.165) is 10.4 Å². The van der Waals surface area contributed by atoms with Gasteiger partial charge in [-0.2, -0.15) is 0 Å². The van der Waals surface area contributed by atoms with Gasteiger partial charge >= 0.3 is 12.0 Å². The molecule has 1 rings (SSSR count). The van der Waals surface area contributed by atoms with Crippen LogP contribution < -0.4 is 10.6 Å². The summed E-state index contributed by atoms with van der Waals surface area (Å²) >= 11 is 1.38. The molecule has 0 radical (unpaired) electrons. The zero-order chi connectivity index (χ0) is 15.5. The van der Waals surface area contributed by atoms with Crippen LogP contribution in [0.15, 0.2) is 0 Å². The minimum atomic E-state index is -0.402. The second kappa shape index (κ2) is 6.26. The molecule has 0 atom stereocenters. The van der Waals surface area contributed by atoms with Crippen molar-refractivity contribution in [3.63, 3.8) is 0 Å². The van der Waals surface area contributed by atoms with Gasteiger partial charge < -0.3 is 10.1 Å². The van der Waals surface area contributed by atoms with Crippen molar-refractivity contribution >= 4 is 28.3 Å². The van der Waals surface area contributed by atoms with E-state index in [1.165, 1.54) is 11.3 Å². The number of urea groups is 1. The highest BCUT2D eigenvalue weighted by Gasteiger charge is 2.23. The van der Waals surface area contributed by atoms with Crippen molar-refractivity contribution in [2.45, 2.75) is 47.1 Å². The van der Waals surface area contributed by atoms with Crippen LogP contribution in [0.1, 0.15) is 48.5 Å². The molecule has 2 N–H and O–H groups in total. The quantitative estimate of drug-likeness (QED) is 0.840. The molecule has 0 unspecified atom stereocenters. The molecule has 1 aromatic heterocycles. The molecule has 2 amide bonds. The van der Waals surface area contributed by atoms with E-state index >= 15 is 0 Å². The molecule has 0 aliphatic carbocycles. The summed E-state index contributed by atoms with van der Waals surface area (Å²) in [6, 6.07) is -0.329. The molecule has 0 saturated heterocycles. The highest BCUT2D eigenvalue weighted by molar-refractivity contribution is 7.16. The minimum absolute atomic E-state index is 0.306. The third-order valence-electron chi connectivity index (χ3n) is 2.58. The Morgan fingerprint density at radius 2 is 1.85 bits per heavy atom. The van der Waals surface area contributed by atoms with E-state index in [4.69, 9.17) is 4.74 Å². The molecule has 0 fully saturated rings. The lowest BCUT2D eigenvalue weighted by atomic mass is 10.1. The Morgan fingerprint density at radius 1 is 1.25 bits per heavy atom. The van der Waals surface area contributed by atoms with Gasteiger partial charge in [0.15, 0.2) is 0 Å². The maximum absolute atomic E-state index is 12.0. The average Bonchev–Trinajstić information content (AvgIpc) is 2.51. The fraction of sp³-hybridized carbons (Fsp3) is 0.571. The summed E-state index contributed by atoms with van der Waals surface area (Å²) in [6.45, 7) is 11.5. The number of hydrogen-bond donors (Lipinski definition) is 2. The van der Waals surface area contributed by atoms with Crippen molar-refractivity contribution in [2.24, 2.45) is 0 Å². The summed E-state index contributed by atoms with van der Waals surface area (Å²) < 4.78 is 5.04. The van der Waals surface area contributed by atoms with Gasteiger partial charge in [0.05, 0.1) is 12.2 Å². The number of esters is 1. The van der Waals surface area contributed by atoms with Gasteiger partial charge in [-0.15, -0.1) is 11.3 Å². The third kappa shape index (κ3) is 4.23. The predicted octanol–water partition coefficient (Wildman–Crippen LogP) is 3.46. The number of carbonyl (C=O) groups excluding carboxylic acids is 2. The minimum Gasteiger partial charge on any atom is -0.462 e. The van der Waals surface area contributed by atoms with E-state index in [0.29, 0.717) is 17.2 Å². The van der Waals surface area contributed by atoms with Crippen molar-refractivity contribution in [3.8, 4) is 0 Å². The number of hydrogen-bond acceptors (Lipinski definition) is 4. The molecule has 112 valence electrons. The molecule has 0 aliphatic rings. The van der Waals surface area contributed by atoms with Crippen molar-refractivity contribution in [3.05, 3.63) is 16.0 Å². The Hall–Kier alpha value is -1.56. The van der Waals surface area contributed by atoms with E-state index in [1.54, 1.807) is 6.92 Å². The zero-order valence-corrected chi connectivity index (χ0v) is 13.7. The van der Waals surface area contributed by atoms with Gasteiger partial charge in [-0.3, -0.25) is 5.32 Å². The van der Waals surface area contributed by atoms with Crippen molar-refractivity contribution < 1.29 is 14.3 Å². The normalized spacial score (nSPS) is 11.1. The third-order valence-corrected chi connectivity index (χ3v) is 3.70. The molecule has 20 heavy (non-hydrogen) atoms. The number of anilines is 1. The van der Waals surface area contributed by atoms with E-state index in [1.807, 2.05) is 34.6 Å². The molecule has 6 heteroatoms. The van der Waals surface area contributed by atoms with Crippen molar-refractivity contribution in [1.29, 1.82) is 0 Å². The Bertz CT molecular complexity index is 515. The topological polar surface area (TPSA) is 67.4 Å². The fourth-order valence-corrected chi connectivity index (χ4v) is 2.68. The molecule has 1 heterocycles. The van der Waals surface area contributed by atoms with E-state index in [2.05, 4.69) is 10.6 Å². The lowest BCUT2D eigenvalue weighted by Crippen LogP contribution is -2.43. The number of thiophene rings is 1. The first-order chi connectivity index (χ1) is 9.15. The number of carbonyl (C=O) groups is 2. The number of aryl methyl sites for hydroxylation is 1. The van der Waals surface area contributed by atoms with Crippen LogP contribution in [0, 0.1) is 13.8 Å². The molecule has 0 aromatic carbocycles. The van der Waals surface area contributed by atoms with Gasteiger partial charge in [0.2, 0.25) is 0 Å². The summed E-state index contributed by atoms with van der Waals surface area (Å²) in [6.07, 6.45) is 0. The van der Waals surface area contributed by atoms with Crippen LogP contribution in [0.4, 0.5) is 9.80 Å². The average molecular weight is 298 g/mol. The maximum Gasteiger partial charge on any atom is 0.341 e. The summed E-state index contributed by atoms with van der Waals surface area (Å²) in [5, 5.41) is 6.06. The number of ether oxygens (including phenoxy) is 1. The van der Waals surface area contributed by atoms with Crippen LogP contribution >= 0.6 is 11.3 Å². The molecular weight excluding hydrogens is 276 g/mol.